The van der Waals surface area contributed by atoms with Gasteiger partial charge in [0.05, 0.1) is 16.4 Å². The molecule has 0 N–H and O–H groups in total. The molecule has 13 rings (SSSR count). The van der Waals surface area contributed by atoms with Crippen LogP contribution >= 0.6 is 0 Å². The van der Waals surface area contributed by atoms with E-state index in [1.807, 2.05) is 0 Å². The molecule has 1 unspecified atom stereocenters. The molecule has 1 spiro atoms. The van der Waals surface area contributed by atoms with Crippen molar-refractivity contribution in [1.29, 1.82) is 0 Å². The molecule has 1 aromatic heterocycles. The van der Waals surface area contributed by atoms with Gasteiger partial charge in [-0.25, -0.2) is 0 Å². The zero-order chi connectivity index (χ0) is 42.9. The van der Waals surface area contributed by atoms with E-state index in [1.54, 1.807) is 0 Å². The average Bonchev–Trinajstić information content (AvgIpc) is 3.99. The number of benzene rings is 10. The van der Waals surface area contributed by atoms with Crippen molar-refractivity contribution >= 4 is 21.8 Å². The van der Waals surface area contributed by atoms with Gasteiger partial charge in [-0.1, -0.05) is 212 Å². The summed E-state index contributed by atoms with van der Waals surface area (Å²) in [5.41, 5.74) is 23.2. The molecule has 306 valence electrons. The fourth-order valence-corrected chi connectivity index (χ4v) is 11.6. The number of aryl methyl sites for hydroxylation is 1. The minimum absolute atomic E-state index is 0.196. The largest absolute Gasteiger partial charge is 0.309 e. The molecule has 0 saturated heterocycles. The summed E-state index contributed by atoms with van der Waals surface area (Å²) >= 11 is 0. The maximum Gasteiger partial charge on any atom is 0.0725 e. The van der Waals surface area contributed by atoms with Gasteiger partial charge in [-0.05, 0) is 127 Å². The van der Waals surface area contributed by atoms with Gasteiger partial charge in [-0.2, -0.15) is 0 Å². The van der Waals surface area contributed by atoms with Crippen molar-refractivity contribution < 1.29 is 0 Å². The highest BCUT2D eigenvalue weighted by atomic mass is 15.0. The Kier molecular flexibility index (Phi) is 8.71. The predicted octanol–water partition coefficient (Wildman–Crippen LogP) is 16.2. The van der Waals surface area contributed by atoms with E-state index in [4.69, 9.17) is 0 Å². The predicted molar refractivity (Wildman–Crippen MR) is 271 cm³/mol. The first-order valence-corrected chi connectivity index (χ1v) is 23.0. The van der Waals surface area contributed by atoms with Crippen LogP contribution in [0.2, 0.25) is 0 Å². The minimum atomic E-state index is -0.369. The monoisotopic (exact) mass is 827 g/mol. The van der Waals surface area contributed by atoms with Gasteiger partial charge >= 0.3 is 0 Å². The van der Waals surface area contributed by atoms with E-state index in [9.17, 15) is 0 Å². The summed E-state index contributed by atoms with van der Waals surface area (Å²) in [7, 11) is 0. The summed E-state index contributed by atoms with van der Waals surface area (Å²) in [6.07, 6.45) is 1.95. The summed E-state index contributed by atoms with van der Waals surface area (Å²) in [5.74, 6) is 0.196. The first-order valence-electron chi connectivity index (χ1n) is 23.0. The second-order valence-corrected chi connectivity index (χ2v) is 17.9. The highest BCUT2D eigenvalue weighted by molar-refractivity contribution is 6.10. The zero-order valence-corrected chi connectivity index (χ0v) is 36.0. The van der Waals surface area contributed by atoms with Crippen LogP contribution in [0.4, 0.5) is 0 Å². The van der Waals surface area contributed by atoms with Gasteiger partial charge in [-0.3, -0.25) is 0 Å². The van der Waals surface area contributed by atoms with Crippen molar-refractivity contribution in [1.82, 2.24) is 4.57 Å². The standard InChI is InChI=1S/C64H45N/c1-3-15-44(16-4-1)45-32-34-47(35-33-45)51(49-36-39-55-54-21-9-13-25-60(54)64(61(55)42-49)58-23-11-7-19-52(58)53-20-8-12-24-59(53)64)38-29-43-27-30-46(31-28-43)48-37-40-63-57(41-48)56-22-10-14-26-62(56)65(63)50-17-5-2-6-18-50/h1-28,30-37,39-42,51H,29,38H2. The molecule has 1 heterocycles. The number of fused-ring (bicyclic) bond motifs is 13. The van der Waals surface area contributed by atoms with Crippen molar-refractivity contribution in [2.45, 2.75) is 24.2 Å². The molecule has 1 heteroatoms. The van der Waals surface area contributed by atoms with E-state index in [0.717, 1.165) is 12.8 Å². The number of nitrogens with zero attached hydrogens (tertiary/aromatic N) is 1. The summed E-state index contributed by atoms with van der Waals surface area (Å²) in [6.45, 7) is 0. The summed E-state index contributed by atoms with van der Waals surface area (Å²) < 4.78 is 2.38. The molecule has 0 amide bonds. The molecule has 0 bridgehead atoms. The van der Waals surface area contributed by atoms with E-state index in [-0.39, 0.29) is 11.3 Å². The molecular weight excluding hydrogens is 783 g/mol. The van der Waals surface area contributed by atoms with Crippen molar-refractivity contribution in [3.63, 3.8) is 0 Å². The molecule has 1 atom stereocenters. The molecule has 0 radical (unpaired) electrons. The average molecular weight is 828 g/mol. The Morgan fingerprint density at radius 3 is 1.51 bits per heavy atom. The molecule has 0 aliphatic heterocycles. The Morgan fingerprint density at radius 2 is 0.831 bits per heavy atom. The van der Waals surface area contributed by atoms with Crippen LogP contribution in [0.3, 0.4) is 0 Å². The van der Waals surface area contributed by atoms with Crippen LogP contribution in [0.25, 0.3) is 72.0 Å². The molecular formula is C64H45N. The summed E-state index contributed by atoms with van der Waals surface area (Å²) in [5, 5.41) is 2.55. The van der Waals surface area contributed by atoms with Crippen molar-refractivity contribution in [2.75, 3.05) is 0 Å². The third kappa shape index (κ3) is 5.86. The number of hydrogen-bond acceptors (Lipinski definition) is 0. The lowest BCUT2D eigenvalue weighted by molar-refractivity contribution is 0.710. The third-order valence-electron chi connectivity index (χ3n) is 14.5. The lowest BCUT2D eigenvalue weighted by atomic mass is 9.70. The Bertz CT molecular complexity index is 3510. The highest BCUT2D eigenvalue weighted by Gasteiger charge is 2.51. The Balaban J connectivity index is 0.878. The van der Waals surface area contributed by atoms with Crippen LogP contribution < -0.4 is 0 Å². The maximum absolute atomic E-state index is 2.58. The van der Waals surface area contributed by atoms with Gasteiger partial charge in [-0.15, -0.1) is 0 Å². The summed E-state index contributed by atoms with van der Waals surface area (Å²) in [6, 6.07) is 90.6. The maximum atomic E-state index is 2.58. The van der Waals surface area contributed by atoms with Crippen LogP contribution in [0.15, 0.2) is 243 Å². The van der Waals surface area contributed by atoms with Gasteiger partial charge < -0.3 is 4.57 Å². The minimum Gasteiger partial charge on any atom is -0.309 e. The second kappa shape index (κ2) is 15.1. The van der Waals surface area contributed by atoms with Crippen molar-refractivity contribution in [2.24, 2.45) is 0 Å². The molecule has 11 aromatic rings. The van der Waals surface area contributed by atoms with Crippen LogP contribution in [-0.2, 0) is 11.8 Å². The van der Waals surface area contributed by atoms with E-state index in [1.165, 1.54) is 111 Å². The molecule has 10 aromatic carbocycles. The third-order valence-corrected chi connectivity index (χ3v) is 14.5. The van der Waals surface area contributed by atoms with Gasteiger partial charge in [0.2, 0.25) is 0 Å². The number of aromatic nitrogens is 1. The first-order chi connectivity index (χ1) is 32.2. The van der Waals surface area contributed by atoms with Crippen LogP contribution in [0, 0.1) is 0 Å². The Hall–Kier alpha value is -8.00. The molecule has 65 heavy (non-hydrogen) atoms. The smallest absolute Gasteiger partial charge is 0.0725 e. The highest BCUT2D eigenvalue weighted by Crippen LogP contribution is 2.63. The SMILES string of the molecule is c1ccc(-c2ccc(C(CCc3ccc(-c4ccc5c(c4)c4ccccc4n5-c4ccccc4)cc3)c3ccc4c(c3)C3(c5ccccc5-c5ccccc53)c3ccccc3-4)cc2)cc1. The lowest BCUT2D eigenvalue weighted by Crippen LogP contribution is -2.26. The lowest BCUT2D eigenvalue weighted by Gasteiger charge is -2.31. The molecule has 0 fully saturated rings. The Labute approximate surface area is 380 Å². The van der Waals surface area contributed by atoms with Crippen LogP contribution in [0.1, 0.15) is 51.3 Å². The number of hydrogen-bond donors (Lipinski definition) is 0. The van der Waals surface area contributed by atoms with Gasteiger partial charge in [0.25, 0.3) is 0 Å². The molecule has 2 aliphatic rings. The van der Waals surface area contributed by atoms with Crippen molar-refractivity contribution in [3.8, 4) is 50.2 Å². The van der Waals surface area contributed by atoms with E-state index in [2.05, 4.69) is 247 Å². The Morgan fingerprint density at radius 1 is 0.338 bits per heavy atom. The van der Waals surface area contributed by atoms with E-state index >= 15 is 0 Å². The number of para-hydroxylation sites is 2. The normalized spacial score (nSPS) is 13.4. The fraction of sp³-hybridized carbons (Fsp3) is 0.0625. The van der Waals surface area contributed by atoms with Gasteiger partial charge in [0, 0.05) is 22.4 Å². The van der Waals surface area contributed by atoms with E-state index < -0.39 is 0 Å². The van der Waals surface area contributed by atoms with Gasteiger partial charge in [0.1, 0.15) is 0 Å². The van der Waals surface area contributed by atoms with Crippen LogP contribution in [0.5, 0.6) is 0 Å². The topological polar surface area (TPSA) is 4.93 Å². The van der Waals surface area contributed by atoms with Gasteiger partial charge in [0.15, 0.2) is 0 Å². The van der Waals surface area contributed by atoms with Crippen LogP contribution in [-0.4, -0.2) is 4.57 Å². The molecule has 2 aliphatic carbocycles. The van der Waals surface area contributed by atoms with E-state index in [0.29, 0.717) is 0 Å². The molecule has 0 saturated carbocycles. The van der Waals surface area contributed by atoms with Crippen molar-refractivity contribution in [3.05, 3.63) is 282 Å². The second-order valence-electron chi connectivity index (χ2n) is 17.9. The zero-order valence-electron chi connectivity index (χ0n) is 36.0. The quantitative estimate of drug-likeness (QED) is 0.144. The summed E-state index contributed by atoms with van der Waals surface area (Å²) in [4.78, 5) is 0. The number of rotatable bonds is 8. The molecule has 1 nitrogen and oxygen atoms in total. The fourth-order valence-electron chi connectivity index (χ4n) is 11.6. The first kappa shape index (κ1) is 37.5.